The molecule has 1 aromatic carbocycles. The van der Waals surface area contributed by atoms with Crippen molar-refractivity contribution in [2.45, 2.75) is 50.9 Å². The van der Waals surface area contributed by atoms with Crippen molar-refractivity contribution in [1.29, 1.82) is 0 Å². The molecular formula is C26H35N5O4. The Balaban J connectivity index is 1.22. The minimum Gasteiger partial charge on any atom is -0.465 e. The molecule has 2 aromatic rings. The lowest BCUT2D eigenvalue weighted by Crippen LogP contribution is -2.46. The highest BCUT2D eigenvalue weighted by molar-refractivity contribution is 6.02. The molecule has 0 saturated carbocycles. The molecule has 0 radical (unpaired) electrons. The third-order valence-corrected chi connectivity index (χ3v) is 8.38. The van der Waals surface area contributed by atoms with Gasteiger partial charge in [-0.05, 0) is 68.2 Å². The van der Waals surface area contributed by atoms with Gasteiger partial charge in [0, 0.05) is 38.5 Å². The second-order valence-electron chi connectivity index (χ2n) is 10.6. The SMILES string of the molecule is C[C@@H]1CN(C(=O)O)CC[C@@H]1CN1CCC(c2ccc3c(C4CCC(=O)NC4=O)nn(C)c3c2)CC1. The number of nitrogens with zero attached hydrogens (tertiary/aromatic N) is 4. The number of amides is 3. The Labute approximate surface area is 205 Å². The summed E-state index contributed by atoms with van der Waals surface area (Å²) in [6.07, 6.45) is 3.20. The van der Waals surface area contributed by atoms with Crippen LogP contribution < -0.4 is 5.32 Å². The lowest BCUT2D eigenvalue weighted by Gasteiger charge is -2.40. The smallest absolute Gasteiger partial charge is 0.407 e. The van der Waals surface area contributed by atoms with E-state index in [1.807, 2.05) is 11.7 Å². The summed E-state index contributed by atoms with van der Waals surface area (Å²) in [5, 5.41) is 17.4. The number of benzene rings is 1. The number of hydrogen-bond donors (Lipinski definition) is 2. The number of carboxylic acid groups (broad SMARTS) is 1. The van der Waals surface area contributed by atoms with Crippen molar-refractivity contribution in [3.05, 3.63) is 29.5 Å². The topological polar surface area (TPSA) is 108 Å². The van der Waals surface area contributed by atoms with Gasteiger partial charge < -0.3 is 14.9 Å². The van der Waals surface area contributed by atoms with Crippen molar-refractivity contribution in [2.24, 2.45) is 18.9 Å². The summed E-state index contributed by atoms with van der Waals surface area (Å²) in [7, 11) is 1.92. The monoisotopic (exact) mass is 481 g/mol. The van der Waals surface area contributed by atoms with Crippen LogP contribution in [0.5, 0.6) is 0 Å². The Bertz CT molecular complexity index is 1140. The van der Waals surface area contributed by atoms with E-state index < -0.39 is 6.09 Å². The van der Waals surface area contributed by atoms with Crippen molar-refractivity contribution in [2.75, 3.05) is 32.7 Å². The number of aryl methyl sites for hydroxylation is 1. The number of carbonyl (C=O) groups is 3. The van der Waals surface area contributed by atoms with Crippen LogP contribution in [-0.4, -0.2) is 75.3 Å². The number of rotatable bonds is 4. The van der Waals surface area contributed by atoms with E-state index in [1.165, 1.54) is 5.56 Å². The molecule has 3 amide bonds. The molecule has 3 aliphatic heterocycles. The molecule has 3 atom stereocenters. The van der Waals surface area contributed by atoms with Crippen LogP contribution in [0.1, 0.15) is 62.1 Å². The van der Waals surface area contributed by atoms with Crippen molar-refractivity contribution < 1.29 is 19.5 Å². The van der Waals surface area contributed by atoms with Crippen LogP contribution in [0.25, 0.3) is 10.9 Å². The van der Waals surface area contributed by atoms with E-state index in [4.69, 9.17) is 0 Å². The minimum atomic E-state index is -0.800. The first-order valence-corrected chi connectivity index (χ1v) is 12.8. The van der Waals surface area contributed by atoms with Crippen LogP contribution in [0.4, 0.5) is 4.79 Å². The molecule has 9 nitrogen and oxygen atoms in total. The van der Waals surface area contributed by atoms with Crippen molar-refractivity contribution in [1.82, 2.24) is 24.9 Å². The fourth-order valence-corrected chi connectivity index (χ4v) is 6.19. The number of imide groups is 1. The van der Waals surface area contributed by atoms with E-state index in [-0.39, 0.29) is 17.7 Å². The van der Waals surface area contributed by atoms with Gasteiger partial charge in [-0.1, -0.05) is 19.1 Å². The van der Waals surface area contributed by atoms with Crippen LogP contribution in [0.15, 0.2) is 18.2 Å². The Morgan fingerprint density at radius 2 is 1.91 bits per heavy atom. The van der Waals surface area contributed by atoms with Crippen molar-refractivity contribution in [3.8, 4) is 0 Å². The maximum absolute atomic E-state index is 12.4. The Morgan fingerprint density at radius 1 is 1.14 bits per heavy atom. The second kappa shape index (κ2) is 9.60. The molecule has 0 aliphatic carbocycles. The van der Waals surface area contributed by atoms with Crippen LogP contribution in [0.3, 0.4) is 0 Å². The predicted octanol–water partition coefficient (Wildman–Crippen LogP) is 2.91. The number of hydrogen-bond acceptors (Lipinski definition) is 5. The van der Waals surface area contributed by atoms with E-state index in [9.17, 15) is 19.5 Å². The van der Waals surface area contributed by atoms with E-state index in [0.29, 0.717) is 43.7 Å². The first-order valence-electron chi connectivity index (χ1n) is 12.8. The minimum absolute atomic E-state index is 0.208. The Morgan fingerprint density at radius 3 is 2.60 bits per heavy atom. The zero-order valence-corrected chi connectivity index (χ0v) is 20.6. The lowest BCUT2D eigenvalue weighted by atomic mass is 9.84. The zero-order valence-electron chi connectivity index (χ0n) is 20.6. The number of piperidine rings is 3. The third kappa shape index (κ3) is 4.78. The summed E-state index contributed by atoms with van der Waals surface area (Å²) in [6, 6.07) is 6.51. The lowest BCUT2D eigenvalue weighted by molar-refractivity contribution is -0.134. The number of fused-ring (bicyclic) bond motifs is 1. The van der Waals surface area contributed by atoms with Gasteiger partial charge >= 0.3 is 6.09 Å². The van der Waals surface area contributed by atoms with E-state index >= 15 is 0 Å². The van der Waals surface area contributed by atoms with Gasteiger partial charge in [0.25, 0.3) is 0 Å². The quantitative estimate of drug-likeness (QED) is 0.650. The normalized spacial score (nSPS) is 26.8. The molecule has 3 saturated heterocycles. The first-order chi connectivity index (χ1) is 16.8. The summed E-state index contributed by atoms with van der Waals surface area (Å²) >= 11 is 0. The molecule has 188 valence electrons. The van der Waals surface area contributed by atoms with Crippen LogP contribution in [-0.2, 0) is 16.6 Å². The molecule has 35 heavy (non-hydrogen) atoms. The molecule has 1 unspecified atom stereocenters. The molecule has 9 heteroatoms. The molecule has 4 heterocycles. The molecular weight excluding hydrogens is 446 g/mol. The standard InChI is InChI=1S/C26H35N5O4/c1-16-14-31(26(34)35)12-9-19(16)15-30-10-7-17(8-11-30)18-3-4-20-22(13-18)29(2)28-24(20)21-5-6-23(32)27-25(21)33/h3-4,13,16-17,19,21H,5-12,14-15H2,1-2H3,(H,34,35)(H,27,32,33)/t16-,19-,21?/m1/s1. The average molecular weight is 482 g/mol. The number of aromatic nitrogens is 2. The average Bonchev–Trinajstić information content (AvgIpc) is 3.16. The first kappa shape index (κ1) is 23.8. The molecule has 0 bridgehead atoms. The molecule has 3 aliphatic rings. The number of carbonyl (C=O) groups excluding carboxylic acids is 2. The third-order valence-electron chi connectivity index (χ3n) is 8.38. The highest BCUT2D eigenvalue weighted by atomic mass is 16.4. The number of likely N-dealkylation sites (tertiary alicyclic amines) is 2. The molecule has 0 spiro atoms. The summed E-state index contributed by atoms with van der Waals surface area (Å²) in [6.45, 7) is 6.63. The van der Waals surface area contributed by atoms with Gasteiger partial charge in [0.05, 0.1) is 17.1 Å². The van der Waals surface area contributed by atoms with Crippen molar-refractivity contribution in [3.63, 3.8) is 0 Å². The summed E-state index contributed by atoms with van der Waals surface area (Å²) in [5.74, 6) is 0.606. The summed E-state index contributed by atoms with van der Waals surface area (Å²) in [4.78, 5) is 39.3. The van der Waals surface area contributed by atoms with Crippen LogP contribution in [0.2, 0.25) is 0 Å². The summed E-state index contributed by atoms with van der Waals surface area (Å²) in [5.41, 5.74) is 3.11. The molecule has 3 fully saturated rings. The van der Waals surface area contributed by atoms with Gasteiger partial charge in [0.1, 0.15) is 0 Å². The van der Waals surface area contributed by atoms with Crippen LogP contribution in [0, 0.1) is 11.8 Å². The maximum Gasteiger partial charge on any atom is 0.407 e. The van der Waals surface area contributed by atoms with Gasteiger partial charge in [-0.15, -0.1) is 0 Å². The number of nitrogens with one attached hydrogen (secondary N) is 1. The molecule has 5 rings (SSSR count). The highest BCUT2D eigenvalue weighted by Gasteiger charge is 2.33. The fourth-order valence-electron chi connectivity index (χ4n) is 6.19. The Hall–Kier alpha value is -2.94. The zero-order chi connectivity index (χ0) is 24.7. The maximum atomic E-state index is 12.4. The molecule has 2 N–H and O–H groups in total. The van der Waals surface area contributed by atoms with Gasteiger partial charge in [-0.2, -0.15) is 5.10 Å². The predicted molar refractivity (Wildman–Crippen MR) is 131 cm³/mol. The van der Waals surface area contributed by atoms with Gasteiger partial charge in [0.2, 0.25) is 11.8 Å². The van der Waals surface area contributed by atoms with E-state index in [0.717, 1.165) is 55.5 Å². The van der Waals surface area contributed by atoms with Crippen molar-refractivity contribution >= 4 is 28.8 Å². The van der Waals surface area contributed by atoms with E-state index in [2.05, 4.69) is 40.4 Å². The Kier molecular flexibility index (Phi) is 6.53. The fraction of sp³-hybridized carbons (Fsp3) is 0.615. The van der Waals surface area contributed by atoms with Gasteiger partial charge in [-0.25, -0.2) is 4.79 Å². The van der Waals surface area contributed by atoms with Crippen LogP contribution >= 0.6 is 0 Å². The van der Waals surface area contributed by atoms with Gasteiger partial charge in [0.15, 0.2) is 0 Å². The van der Waals surface area contributed by atoms with E-state index in [1.54, 1.807) is 4.90 Å². The molecule has 1 aromatic heterocycles. The summed E-state index contributed by atoms with van der Waals surface area (Å²) < 4.78 is 1.86. The highest BCUT2D eigenvalue weighted by Crippen LogP contribution is 2.35. The largest absolute Gasteiger partial charge is 0.465 e. The second-order valence-corrected chi connectivity index (χ2v) is 10.6. The van der Waals surface area contributed by atoms with Gasteiger partial charge in [-0.3, -0.25) is 19.6 Å².